The topological polar surface area (TPSA) is 24.9 Å². The first-order valence-electron chi connectivity index (χ1n) is 7.86. The van der Waals surface area contributed by atoms with E-state index in [9.17, 15) is 0 Å². The summed E-state index contributed by atoms with van der Waals surface area (Å²) < 4.78 is 0. The molecule has 0 bridgehead atoms. The summed E-state index contributed by atoms with van der Waals surface area (Å²) in [6.45, 7) is 10.1. The van der Waals surface area contributed by atoms with Crippen molar-refractivity contribution in [2.45, 2.75) is 65.8 Å². The van der Waals surface area contributed by atoms with Crippen molar-refractivity contribution < 1.29 is 0 Å². The van der Waals surface area contributed by atoms with Crippen LogP contribution in [0, 0.1) is 5.92 Å². The molecule has 1 heterocycles. The number of rotatable bonds is 9. The van der Waals surface area contributed by atoms with Crippen LogP contribution in [0.5, 0.6) is 0 Å². The van der Waals surface area contributed by atoms with Gasteiger partial charge < -0.3 is 5.32 Å². The lowest BCUT2D eigenvalue weighted by Crippen LogP contribution is -2.24. The lowest BCUT2D eigenvalue weighted by molar-refractivity contribution is 0.439. The van der Waals surface area contributed by atoms with Gasteiger partial charge in [0.25, 0.3) is 0 Å². The Morgan fingerprint density at radius 1 is 1.21 bits per heavy atom. The number of hydrogen-bond acceptors (Lipinski definition) is 2. The molecule has 0 fully saturated rings. The van der Waals surface area contributed by atoms with E-state index in [1.165, 1.54) is 36.9 Å². The number of pyridine rings is 1. The lowest BCUT2D eigenvalue weighted by Gasteiger charge is -2.21. The van der Waals surface area contributed by atoms with Gasteiger partial charge in [0, 0.05) is 12.2 Å². The van der Waals surface area contributed by atoms with Gasteiger partial charge in [-0.2, -0.15) is 0 Å². The maximum Gasteiger partial charge on any atom is 0.0604 e. The van der Waals surface area contributed by atoms with Crippen molar-refractivity contribution in [2.75, 3.05) is 6.54 Å². The van der Waals surface area contributed by atoms with Crippen LogP contribution in [0.3, 0.4) is 0 Å². The Morgan fingerprint density at radius 3 is 2.63 bits per heavy atom. The third kappa shape index (κ3) is 5.73. The average molecular weight is 262 g/mol. The quantitative estimate of drug-likeness (QED) is 0.708. The maximum absolute atomic E-state index is 4.64. The highest BCUT2D eigenvalue weighted by Gasteiger charge is 2.15. The summed E-state index contributed by atoms with van der Waals surface area (Å²) in [6.07, 6.45) is 7.95. The summed E-state index contributed by atoms with van der Waals surface area (Å²) in [4.78, 5) is 4.64. The van der Waals surface area contributed by atoms with Gasteiger partial charge >= 0.3 is 0 Å². The average Bonchev–Trinajstić information content (AvgIpc) is 2.42. The predicted octanol–water partition coefficient (Wildman–Crippen LogP) is 4.51. The van der Waals surface area contributed by atoms with E-state index in [2.05, 4.69) is 44.1 Å². The third-order valence-electron chi connectivity index (χ3n) is 3.55. The van der Waals surface area contributed by atoms with Crippen LogP contribution in [0.1, 0.15) is 70.7 Å². The Morgan fingerprint density at radius 2 is 2.00 bits per heavy atom. The van der Waals surface area contributed by atoms with E-state index in [0.29, 0.717) is 6.04 Å². The number of hydrogen-bond donors (Lipinski definition) is 1. The number of nitrogens with one attached hydrogen (secondary N) is 1. The van der Waals surface area contributed by atoms with Crippen LogP contribution in [-0.2, 0) is 6.42 Å². The highest BCUT2D eigenvalue weighted by Crippen LogP contribution is 2.22. The standard InChI is InChI=1S/C17H30N2/c1-5-12-18-16(11-7-9-14(3)4)17-15(6-2)10-8-13-19-17/h8,10,13-14,16,18H,5-7,9,11-12H2,1-4H3. The molecule has 0 amide bonds. The molecule has 1 N–H and O–H groups in total. The lowest BCUT2D eigenvalue weighted by atomic mass is 9.97. The Kier molecular flexibility index (Phi) is 7.73. The minimum absolute atomic E-state index is 0.426. The fraction of sp³-hybridized carbons (Fsp3) is 0.706. The van der Waals surface area contributed by atoms with Crippen molar-refractivity contribution in [3.8, 4) is 0 Å². The number of aryl methyl sites for hydroxylation is 1. The molecule has 0 spiro atoms. The first-order valence-corrected chi connectivity index (χ1v) is 7.86. The highest BCUT2D eigenvalue weighted by molar-refractivity contribution is 5.22. The largest absolute Gasteiger partial charge is 0.309 e. The van der Waals surface area contributed by atoms with Crippen LogP contribution in [0.25, 0.3) is 0 Å². The van der Waals surface area contributed by atoms with Gasteiger partial charge in [0.1, 0.15) is 0 Å². The van der Waals surface area contributed by atoms with E-state index in [1.54, 1.807) is 0 Å². The SMILES string of the molecule is CCCNC(CCCC(C)C)c1ncccc1CC. The Labute approximate surface area is 119 Å². The van der Waals surface area contributed by atoms with Crippen LogP contribution >= 0.6 is 0 Å². The zero-order chi connectivity index (χ0) is 14.1. The van der Waals surface area contributed by atoms with Gasteiger partial charge in [0.2, 0.25) is 0 Å². The summed E-state index contributed by atoms with van der Waals surface area (Å²) in [5.74, 6) is 0.793. The van der Waals surface area contributed by atoms with Crippen molar-refractivity contribution >= 4 is 0 Å². The minimum Gasteiger partial charge on any atom is -0.309 e. The molecule has 0 aliphatic carbocycles. The monoisotopic (exact) mass is 262 g/mol. The second kappa shape index (κ2) is 9.08. The molecule has 1 aromatic heterocycles. The minimum atomic E-state index is 0.426. The van der Waals surface area contributed by atoms with Crippen molar-refractivity contribution in [3.05, 3.63) is 29.6 Å². The Balaban J connectivity index is 2.71. The van der Waals surface area contributed by atoms with Crippen LogP contribution < -0.4 is 5.32 Å². The van der Waals surface area contributed by atoms with Gasteiger partial charge in [-0.25, -0.2) is 0 Å². The Hall–Kier alpha value is -0.890. The molecule has 0 aliphatic rings. The fourth-order valence-electron chi connectivity index (χ4n) is 2.45. The molecule has 1 unspecified atom stereocenters. The molecule has 19 heavy (non-hydrogen) atoms. The molecule has 0 saturated heterocycles. The smallest absolute Gasteiger partial charge is 0.0604 e. The van der Waals surface area contributed by atoms with E-state index < -0.39 is 0 Å². The van der Waals surface area contributed by atoms with Gasteiger partial charge in [-0.1, -0.05) is 46.6 Å². The molecule has 0 radical (unpaired) electrons. The van der Waals surface area contributed by atoms with Crippen LogP contribution in [0.15, 0.2) is 18.3 Å². The van der Waals surface area contributed by atoms with E-state index in [4.69, 9.17) is 0 Å². The summed E-state index contributed by atoms with van der Waals surface area (Å²) in [6, 6.07) is 4.69. The van der Waals surface area contributed by atoms with E-state index in [-0.39, 0.29) is 0 Å². The molecule has 1 atom stereocenters. The van der Waals surface area contributed by atoms with Crippen molar-refractivity contribution in [2.24, 2.45) is 5.92 Å². The van der Waals surface area contributed by atoms with E-state index in [0.717, 1.165) is 18.9 Å². The van der Waals surface area contributed by atoms with E-state index in [1.807, 2.05) is 12.3 Å². The van der Waals surface area contributed by atoms with Gasteiger partial charge in [0.05, 0.1) is 5.69 Å². The molecule has 1 rings (SSSR count). The van der Waals surface area contributed by atoms with Crippen molar-refractivity contribution in [1.82, 2.24) is 10.3 Å². The maximum atomic E-state index is 4.64. The number of nitrogens with zero attached hydrogens (tertiary/aromatic N) is 1. The molecule has 0 aromatic carbocycles. The zero-order valence-corrected chi connectivity index (χ0v) is 13.1. The molecule has 0 saturated carbocycles. The van der Waals surface area contributed by atoms with Gasteiger partial charge in [-0.3, -0.25) is 4.98 Å². The predicted molar refractivity (Wildman–Crippen MR) is 83.3 cm³/mol. The molecule has 2 nitrogen and oxygen atoms in total. The molecule has 2 heteroatoms. The molecule has 0 aliphatic heterocycles. The normalized spacial score (nSPS) is 12.9. The number of aromatic nitrogens is 1. The molecular formula is C17H30N2. The fourth-order valence-corrected chi connectivity index (χ4v) is 2.45. The van der Waals surface area contributed by atoms with Crippen LogP contribution in [0.4, 0.5) is 0 Å². The van der Waals surface area contributed by atoms with Crippen molar-refractivity contribution in [1.29, 1.82) is 0 Å². The van der Waals surface area contributed by atoms with Crippen LogP contribution in [0.2, 0.25) is 0 Å². The van der Waals surface area contributed by atoms with Crippen molar-refractivity contribution in [3.63, 3.8) is 0 Å². The highest BCUT2D eigenvalue weighted by atomic mass is 14.9. The molecular weight excluding hydrogens is 232 g/mol. The van der Waals surface area contributed by atoms with Gasteiger partial charge in [-0.15, -0.1) is 0 Å². The second-order valence-electron chi connectivity index (χ2n) is 5.73. The first-order chi connectivity index (χ1) is 9.19. The summed E-state index contributed by atoms with van der Waals surface area (Å²) in [7, 11) is 0. The van der Waals surface area contributed by atoms with Gasteiger partial charge in [0.15, 0.2) is 0 Å². The van der Waals surface area contributed by atoms with Gasteiger partial charge in [-0.05, 0) is 43.4 Å². The van der Waals surface area contributed by atoms with E-state index >= 15 is 0 Å². The third-order valence-corrected chi connectivity index (χ3v) is 3.55. The zero-order valence-electron chi connectivity index (χ0n) is 13.1. The summed E-state index contributed by atoms with van der Waals surface area (Å²) in [5.41, 5.74) is 2.66. The Bertz CT molecular complexity index is 347. The molecule has 1 aromatic rings. The van der Waals surface area contributed by atoms with Crippen LogP contribution in [-0.4, -0.2) is 11.5 Å². The summed E-state index contributed by atoms with van der Waals surface area (Å²) in [5, 5.41) is 3.67. The second-order valence-corrected chi connectivity index (χ2v) is 5.73. The molecule has 108 valence electrons. The first kappa shape index (κ1) is 16.2. The summed E-state index contributed by atoms with van der Waals surface area (Å²) >= 11 is 0.